The first kappa shape index (κ1) is 15.0. The molecule has 68 valence electrons. The molecule has 0 unspecified atom stereocenters. The summed E-state index contributed by atoms with van der Waals surface area (Å²) >= 11 is 5.22. The molecule has 1 aromatic heterocycles. The number of rotatable bonds is 1. The topological polar surface area (TPSA) is 121 Å². The third-order valence-corrected chi connectivity index (χ3v) is 1.10. The van der Waals surface area contributed by atoms with Crippen LogP contribution in [0.2, 0.25) is 5.28 Å². The van der Waals surface area contributed by atoms with E-state index < -0.39 is 16.5 Å². The monoisotopic (exact) mass is 217 g/mol. The van der Waals surface area contributed by atoms with Crippen molar-refractivity contribution in [2.24, 2.45) is 0 Å². The van der Waals surface area contributed by atoms with Crippen LogP contribution in [-0.4, -0.2) is 55.0 Å². The third-order valence-electron chi connectivity index (χ3n) is 0.917. The summed E-state index contributed by atoms with van der Waals surface area (Å²) in [5, 5.41) is 18.6. The molecule has 0 saturated heterocycles. The minimum atomic E-state index is -0.800. The molecule has 0 radical (unpaired) electrons. The number of hydrogen-bond acceptors (Lipinski definition) is 5. The zero-order valence-corrected chi connectivity index (χ0v) is 6.32. The summed E-state index contributed by atoms with van der Waals surface area (Å²) in [6, 6.07) is 0. The summed E-state index contributed by atoms with van der Waals surface area (Å²) < 4.78 is 0. The second-order valence-electron chi connectivity index (χ2n) is 1.60. The normalized spacial score (nSPS) is 8.08. The van der Waals surface area contributed by atoms with Crippen LogP contribution in [0.15, 0.2) is 6.20 Å². The van der Waals surface area contributed by atoms with Gasteiger partial charge in [0, 0.05) is 0 Å². The summed E-state index contributed by atoms with van der Waals surface area (Å²) in [5.74, 6) is -0.727. The van der Waals surface area contributed by atoms with Crippen molar-refractivity contribution < 1.29 is 15.5 Å². The van der Waals surface area contributed by atoms with E-state index in [0.717, 1.165) is 6.20 Å². The van der Waals surface area contributed by atoms with E-state index in [1.54, 1.807) is 0 Å². The summed E-state index contributed by atoms with van der Waals surface area (Å²) in [7, 11) is 0. The van der Waals surface area contributed by atoms with Crippen LogP contribution in [0.5, 0.6) is 5.88 Å². The summed E-state index contributed by atoms with van der Waals surface area (Å²) in [6.07, 6.45) is 0.838. The number of aromatic nitrogens is 2. The van der Waals surface area contributed by atoms with Gasteiger partial charge in [-0.05, 0) is 11.6 Å². The van der Waals surface area contributed by atoms with Gasteiger partial charge in [0.2, 0.25) is 5.28 Å². The standard InChI is InChI=1S/C4H2ClN3O3.Na.H2O.H/c5-4-6-1-2(8(10)11)3(9)7-4;;;/h1H,(H,6,7,9);;1H2;. The Balaban J connectivity index is 0. The van der Waals surface area contributed by atoms with E-state index in [0.29, 0.717) is 0 Å². The molecule has 13 heavy (non-hydrogen) atoms. The summed E-state index contributed by atoms with van der Waals surface area (Å²) in [4.78, 5) is 15.7. The van der Waals surface area contributed by atoms with Crippen molar-refractivity contribution in [3.8, 4) is 5.88 Å². The van der Waals surface area contributed by atoms with Crippen LogP contribution >= 0.6 is 11.6 Å². The van der Waals surface area contributed by atoms with Crippen LogP contribution in [0, 0.1) is 10.1 Å². The molecule has 3 N–H and O–H groups in total. The second-order valence-corrected chi connectivity index (χ2v) is 1.94. The Morgan fingerprint density at radius 2 is 2.15 bits per heavy atom. The third kappa shape index (κ3) is 3.83. The first-order valence-electron chi connectivity index (χ1n) is 2.47. The summed E-state index contributed by atoms with van der Waals surface area (Å²) in [5.41, 5.74) is -0.561. The van der Waals surface area contributed by atoms with E-state index in [9.17, 15) is 10.1 Å². The van der Waals surface area contributed by atoms with Crippen molar-refractivity contribution in [3.05, 3.63) is 21.6 Å². The predicted molar refractivity (Wildman–Crippen MR) is 46.1 cm³/mol. The first-order valence-corrected chi connectivity index (χ1v) is 2.85. The van der Waals surface area contributed by atoms with Gasteiger partial charge in [0.15, 0.2) is 0 Å². The first-order chi connectivity index (χ1) is 5.11. The van der Waals surface area contributed by atoms with Crippen LogP contribution in [0.1, 0.15) is 0 Å². The van der Waals surface area contributed by atoms with Crippen molar-refractivity contribution in [2.45, 2.75) is 0 Å². The molecule has 0 aliphatic carbocycles. The van der Waals surface area contributed by atoms with Crippen molar-refractivity contribution in [2.75, 3.05) is 0 Å². The van der Waals surface area contributed by atoms with Gasteiger partial charge < -0.3 is 10.6 Å². The molecule has 7 nitrogen and oxygen atoms in total. The fourth-order valence-electron chi connectivity index (χ4n) is 0.474. The van der Waals surface area contributed by atoms with Gasteiger partial charge in [0.05, 0.1) is 4.92 Å². The average molecular weight is 218 g/mol. The number of nitrogens with zero attached hydrogens (tertiary/aromatic N) is 3. The van der Waals surface area contributed by atoms with E-state index >= 15 is 0 Å². The molecule has 0 fully saturated rings. The molecule has 0 spiro atoms. The van der Waals surface area contributed by atoms with Gasteiger partial charge in [0.1, 0.15) is 6.20 Å². The van der Waals surface area contributed by atoms with E-state index in [1.165, 1.54) is 0 Å². The second kappa shape index (κ2) is 6.06. The Bertz CT molecular complexity index is 309. The molecule has 1 rings (SSSR count). The number of nitro groups is 1. The Morgan fingerprint density at radius 3 is 2.54 bits per heavy atom. The molecule has 0 amide bonds. The number of halogens is 1. The van der Waals surface area contributed by atoms with E-state index in [4.69, 9.17) is 16.7 Å². The van der Waals surface area contributed by atoms with Gasteiger partial charge in [-0.25, -0.2) is 4.98 Å². The molecule has 1 heterocycles. The molecule has 1 aromatic rings. The summed E-state index contributed by atoms with van der Waals surface area (Å²) in [6.45, 7) is 0. The average Bonchev–Trinajstić information content (AvgIpc) is 1.85. The van der Waals surface area contributed by atoms with Crippen LogP contribution in [0.4, 0.5) is 5.69 Å². The van der Waals surface area contributed by atoms with E-state index in [-0.39, 0.29) is 40.3 Å². The minimum absolute atomic E-state index is 0. The van der Waals surface area contributed by atoms with E-state index in [1.807, 2.05) is 0 Å². The van der Waals surface area contributed by atoms with Crippen LogP contribution in [0.3, 0.4) is 0 Å². The fraction of sp³-hybridized carbons (Fsp3) is 0. The maximum absolute atomic E-state index is 10.1. The van der Waals surface area contributed by atoms with E-state index in [2.05, 4.69) is 9.97 Å². The fourth-order valence-corrected chi connectivity index (χ4v) is 0.603. The molecular weight excluding hydrogens is 213 g/mol. The molecule has 9 heteroatoms. The maximum atomic E-state index is 10.1. The zero-order valence-electron chi connectivity index (χ0n) is 5.56. The van der Waals surface area contributed by atoms with Gasteiger partial charge in [-0.15, -0.1) is 0 Å². The Labute approximate surface area is 99.5 Å². The van der Waals surface area contributed by atoms with Gasteiger partial charge in [-0.2, -0.15) is 4.98 Å². The number of hydrogen-bond donors (Lipinski definition) is 1. The van der Waals surface area contributed by atoms with Crippen molar-refractivity contribution in [3.63, 3.8) is 0 Å². The predicted octanol–water partition coefficient (Wildman–Crippen LogP) is -0.729. The Hall–Kier alpha value is -0.470. The zero-order chi connectivity index (χ0) is 8.43. The molecule has 0 atom stereocenters. The molecule has 0 aromatic carbocycles. The molecule has 0 bridgehead atoms. The van der Waals surface area contributed by atoms with Gasteiger partial charge >= 0.3 is 35.2 Å². The van der Waals surface area contributed by atoms with Crippen molar-refractivity contribution in [1.29, 1.82) is 0 Å². The Kier molecular flexibility index (Phi) is 7.00. The SMILES string of the molecule is O.O=[N+]([O-])c1cnc(Cl)nc1O.[NaH]. The van der Waals surface area contributed by atoms with Gasteiger partial charge in [-0.1, -0.05) is 0 Å². The Morgan fingerprint density at radius 1 is 1.62 bits per heavy atom. The molecule has 0 aliphatic rings. The van der Waals surface area contributed by atoms with Crippen LogP contribution < -0.4 is 0 Å². The molecule has 0 aliphatic heterocycles. The molecule has 0 saturated carbocycles. The van der Waals surface area contributed by atoms with Crippen molar-refractivity contribution >= 4 is 46.8 Å². The van der Waals surface area contributed by atoms with Crippen LogP contribution in [-0.2, 0) is 0 Å². The quantitative estimate of drug-likeness (QED) is 0.288. The molecular formula is C4H5ClN3NaO4. The van der Waals surface area contributed by atoms with Crippen LogP contribution in [0.25, 0.3) is 0 Å². The van der Waals surface area contributed by atoms with Crippen molar-refractivity contribution in [1.82, 2.24) is 9.97 Å². The van der Waals surface area contributed by atoms with Gasteiger partial charge in [0.25, 0.3) is 5.88 Å². The number of aromatic hydroxyl groups is 1. The van der Waals surface area contributed by atoms with Gasteiger partial charge in [-0.3, -0.25) is 10.1 Å².